The highest BCUT2D eigenvalue weighted by atomic mass is 32.1. The number of carbonyl (C=O) groups is 1. The van der Waals surface area contributed by atoms with Crippen LogP contribution < -0.4 is 21.9 Å². The van der Waals surface area contributed by atoms with Crippen molar-refractivity contribution in [3.8, 4) is 10.6 Å². The first-order valence-corrected chi connectivity index (χ1v) is 11.4. The number of aromatic nitrogens is 3. The second kappa shape index (κ2) is 10.4. The van der Waals surface area contributed by atoms with Crippen LogP contribution in [0.3, 0.4) is 0 Å². The van der Waals surface area contributed by atoms with Gasteiger partial charge in [0.1, 0.15) is 21.5 Å². The standard InChI is InChI=1S/C22H26FN5O3S/c1-3-5-11-27(17-18(24)28(12-6-4-2)22(31)26-19(17)29)21(30)16-13-25-20(32-16)14-9-7-8-10-15(14)23/h7-10,13H,3-6,11-12,24H2,1-2H3,(H,26,29,31). The van der Waals surface area contributed by atoms with Gasteiger partial charge in [0.15, 0.2) is 5.69 Å². The minimum absolute atomic E-state index is 0.0458. The molecule has 1 aromatic carbocycles. The van der Waals surface area contributed by atoms with Gasteiger partial charge in [-0.05, 0) is 25.0 Å². The molecular formula is C22H26FN5O3S. The number of thiazole rings is 1. The quantitative estimate of drug-likeness (QED) is 0.507. The third kappa shape index (κ3) is 4.80. The number of nitrogens with two attached hydrogens (primary N) is 1. The Balaban J connectivity index is 2.05. The van der Waals surface area contributed by atoms with E-state index in [-0.39, 0.29) is 22.9 Å². The fourth-order valence-corrected chi connectivity index (χ4v) is 4.16. The van der Waals surface area contributed by atoms with Crippen LogP contribution >= 0.6 is 11.3 Å². The molecule has 0 spiro atoms. The zero-order valence-corrected chi connectivity index (χ0v) is 18.9. The molecule has 8 nitrogen and oxygen atoms in total. The van der Waals surface area contributed by atoms with Crippen molar-refractivity contribution in [1.29, 1.82) is 0 Å². The van der Waals surface area contributed by atoms with E-state index in [2.05, 4.69) is 9.97 Å². The molecule has 2 heterocycles. The van der Waals surface area contributed by atoms with Crippen LogP contribution in [0.4, 0.5) is 15.9 Å². The first-order chi connectivity index (χ1) is 15.4. The van der Waals surface area contributed by atoms with E-state index in [0.717, 1.165) is 24.2 Å². The molecule has 0 aliphatic carbocycles. The molecule has 0 bridgehead atoms. The summed E-state index contributed by atoms with van der Waals surface area (Å²) in [6, 6.07) is 6.18. The van der Waals surface area contributed by atoms with Crippen LogP contribution in [-0.2, 0) is 6.54 Å². The van der Waals surface area contributed by atoms with Gasteiger partial charge in [0.25, 0.3) is 11.5 Å². The molecule has 3 aromatic rings. The van der Waals surface area contributed by atoms with Crippen molar-refractivity contribution in [1.82, 2.24) is 14.5 Å². The summed E-state index contributed by atoms with van der Waals surface area (Å²) in [7, 11) is 0. The van der Waals surface area contributed by atoms with Crippen molar-refractivity contribution in [3.63, 3.8) is 0 Å². The van der Waals surface area contributed by atoms with Crippen molar-refractivity contribution in [2.75, 3.05) is 17.2 Å². The van der Waals surface area contributed by atoms with Crippen molar-refractivity contribution < 1.29 is 9.18 Å². The summed E-state index contributed by atoms with van der Waals surface area (Å²) in [5.74, 6) is -0.959. The van der Waals surface area contributed by atoms with E-state index in [1.165, 1.54) is 21.7 Å². The second-order valence-electron chi connectivity index (χ2n) is 7.32. The number of hydrogen-bond acceptors (Lipinski definition) is 6. The predicted molar refractivity (Wildman–Crippen MR) is 125 cm³/mol. The molecule has 0 saturated heterocycles. The first-order valence-electron chi connectivity index (χ1n) is 10.5. The second-order valence-corrected chi connectivity index (χ2v) is 8.35. The summed E-state index contributed by atoms with van der Waals surface area (Å²) in [5, 5.41) is 0.358. The van der Waals surface area contributed by atoms with Gasteiger partial charge < -0.3 is 5.73 Å². The number of aromatic amines is 1. The fraction of sp³-hybridized carbons (Fsp3) is 0.364. The SMILES string of the molecule is CCCCN(C(=O)c1cnc(-c2ccccc2F)s1)c1c(N)n(CCCC)c(=O)[nH]c1=O. The van der Waals surface area contributed by atoms with Crippen molar-refractivity contribution in [3.05, 3.63) is 62.0 Å². The Bertz CT molecular complexity index is 1220. The average molecular weight is 460 g/mol. The number of nitrogens with zero attached hydrogens (tertiary/aromatic N) is 3. The van der Waals surface area contributed by atoms with Gasteiger partial charge in [-0.2, -0.15) is 0 Å². The number of H-pyrrole nitrogens is 1. The third-order valence-corrected chi connectivity index (χ3v) is 6.04. The molecule has 1 amide bonds. The minimum atomic E-state index is -0.719. The highest BCUT2D eigenvalue weighted by Crippen LogP contribution is 2.29. The Labute approximate surface area is 188 Å². The van der Waals surface area contributed by atoms with E-state index in [1.54, 1.807) is 18.2 Å². The number of halogens is 1. The molecule has 0 aliphatic rings. The normalized spacial score (nSPS) is 11.0. The van der Waals surface area contributed by atoms with Gasteiger partial charge >= 0.3 is 5.69 Å². The predicted octanol–water partition coefficient (Wildman–Crippen LogP) is 3.63. The number of rotatable bonds is 9. The molecule has 0 unspecified atom stereocenters. The molecule has 0 saturated carbocycles. The highest BCUT2D eigenvalue weighted by molar-refractivity contribution is 7.17. The van der Waals surface area contributed by atoms with Gasteiger partial charge in [-0.15, -0.1) is 11.3 Å². The van der Waals surface area contributed by atoms with Gasteiger partial charge in [-0.3, -0.25) is 24.0 Å². The molecule has 170 valence electrons. The number of amides is 1. The van der Waals surface area contributed by atoms with E-state index in [0.29, 0.717) is 30.0 Å². The monoisotopic (exact) mass is 459 g/mol. The molecule has 0 fully saturated rings. The van der Waals surface area contributed by atoms with Crippen LogP contribution in [0.1, 0.15) is 49.2 Å². The lowest BCUT2D eigenvalue weighted by atomic mass is 10.2. The van der Waals surface area contributed by atoms with E-state index in [9.17, 15) is 18.8 Å². The molecule has 3 rings (SSSR count). The van der Waals surface area contributed by atoms with Crippen molar-refractivity contribution >= 4 is 28.7 Å². The number of carbonyl (C=O) groups excluding carboxylic acids is 1. The van der Waals surface area contributed by atoms with Crippen LogP contribution in [0, 0.1) is 5.82 Å². The molecule has 0 aliphatic heterocycles. The lowest BCUT2D eigenvalue weighted by Crippen LogP contribution is -2.41. The smallest absolute Gasteiger partial charge is 0.330 e. The molecule has 10 heteroatoms. The third-order valence-electron chi connectivity index (χ3n) is 5.02. The lowest BCUT2D eigenvalue weighted by Gasteiger charge is -2.23. The zero-order valence-electron chi connectivity index (χ0n) is 18.1. The van der Waals surface area contributed by atoms with Gasteiger partial charge in [0.2, 0.25) is 0 Å². The molecule has 0 atom stereocenters. The first kappa shape index (κ1) is 23.4. The maximum Gasteiger partial charge on any atom is 0.330 e. The van der Waals surface area contributed by atoms with Gasteiger partial charge in [0, 0.05) is 18.7 Å². The van der Waals surface area contributed by atoms with E-state index < -0.39 is 23.0 Å². The average Bonchev–Trinajstić information content (AvgIpc) is 3.25. The fourth-order valence-electron chi connectivity index (χ4n) is 3.27. The molecular weight excluding hydrogens is 433 g/mol. The van der Waals surface area contributed by atoms with Crippen LogP contribution in [0.5, 0.6) is 0 Å². The number of nitrogen functional groups attached to an aromatic ring is 1. The van der Waals surface area contributed by atoms with E-state index in [4.69, 9.17) is 5.73 Å². The Morgan fingerprint density at radius 1 is 1.22 bits per heavy atom. The number of anilines is 2. The summed E-state index contributed by atoms with van der Waals surface area (Å²) < 4.78 is 15.4. The van der Waals surface area contributed by atoms with Crippen molar-refractivity contribution in [2.24, 2.45) is 0 Å². The molecule has 2 aromatic heterocycles. The summed E-state index contributed by atoms with van der Waals surface area (Å²) in [6.07, 6.45) is 4.29. The topological polar surface area (TPSA) is 114 Å². The molecule has 3 N–H and O–H groups in total. The summed E-state index contributed by atoms with van der Waals surface area (Å²) in [6.45, 7) is 4.50. The largest absolute Gasteiger partial charge is 0.383 e. The highest BCUT2D eigenvalue weighted by Gasteiger charge is 2.26. The number of nitrogens with one attached hydrogen (secondary N) is 1. The van der Waals surface area contributed by atoms with Gasteiger partial charge in [0.05, 0.1) is 6.20 Å². The van der Waals surface area contributed by atoms with E-state index >= 15 is 0 Å². The number of hydrogen-bond donors (Lipinski definition) is 2. The van der Waals surface area contributed by atoms with Crippen LogP contribution in [0.15, 0.2) is 40.1 Å². The lowest BCUT2D eigenvalue weighted by molar-refractivity contribution is 0.0990. The van der Waals surface area contributed by atoms with Gasteiger partial charge in [-0.25, -0.2) is 14.2 Å². The Morgan fingerprint density at radius 3 is 2.62 bits per heavy atom. The summed E-state index contributed by atoms with van der Waals surface area (Å²) in [4.78, 5) is 46.4. The number of unbranched alkanes of at least 4 members (excludes halogenated alkanes) is 2. The molecule has 0 radical (unpaired) electrons. The maximum atomic E-state index is 14.1. The Kier molecular flexibility index (Phi) is 7.57. The molecule has 32 heavy (non-hydrogen) atoms. The van der Waals surface area contributed by atoms with Crippen LogP contribution in [-0.4, -0.2) is 27.0 Å². The van der Waals surface area contributed by atoms with Crippen molar-refractivity contribution in [2.45, 2.75) is 46.1 Å². The maximum absolute atomic E-state index is 14.1. The van der Waals surface area contributed by atoms with Crippen LogP contribution in [0.25, 0.3) is 10.6 Å². The minimum Gasteiger partial charge on any atom is -0.383 e. The Morgan fingerprint density at radius 2 is 1.94 bits per heavy atom. The number of benzene rings is 1. The summed E-state index contributed by atoms with van der Waals surface area (Å²) >= 11 is 1.03. The zero-order chi connectivity index (χ0) is 23.3. The van der Waals surface area contributed by atoms with Gasteiger partial charge in [-0.1, -0.05) is 38.8 Å². The summed E-state index contributed by atoms with van der Waals surface area (Å²) in [5.41, 5.74) is 5.13. The van der Waals surface area contributed by atoms with Crippen LogP contribution in [0.2, 0.25) is 0 Å². The van der Waals surface area contributed by atoms with E-state index in [1.807, 2.05) is 13.8 Å². The Hall–Kier alpha value is -3.27.